The first-order valence-corrected chi connectivity index (χ1v) is 4.11. The summed E-state index contributed by atoms with van der Waals surface area (Å²) in [5.41, 5.74) is 1.65. The van der Waals surface area contributed by atoms with E-state index >= 15 is 0 Å². The highest BCUT2D eigenvalue weighted by Crippen LogP contribution is 2.27. The van der Waals surface area contributed by atoms with Gasteiger partial charge in [-0.25, -0.2) is 5.48 Å². The summed E-state index contributed by atoms with van der Waals surface area (Å²) in [6.07, 6.45) is 2.97. The van der Waals surface area contributed by atoms with E-state index in [1.165, 1.54) is 0 Å². The molecule has 0 saturated heterocycles. The molecule has 1 rings (SSSR count). The van der Waals surface area contributed by atoms with Crippen LogP contribution in [0.2, 0.25) is 0 Å². The van der Waals surface area contributed by atoms with E-state index in [-0.39, 0.29) is 17.7 Å². The average Bonchev–Trinajstić information content (AvgIpc) is 2.17. The first kappa shape index (κ1) is 9.01. The molecule has 66 valence electrons. The van der Waals surface area contributed by atoms with Crippen LogP contribution in [0.1, 0.15) is 25.7 Å². The SMILES string of the molecule is N#CC1CCC(C(=O)NO)CC1. The largest absolute Gasteiger partial charge is 0.289 e. The van der Waals surface area contributed by atoms with Gasteiger partial charge >= 0.3 is 0 Å². The monoisotopic (exact) mass is 168 g/mol. The number of nitriles is 1. The third-order valence-electron chi connectivity index (χ3n) is 2.39. The Hall–Kier alpha value is -1.08. The number of carbonyl (C=O) groups excluding carboxylic acids is 1. The van der Waals surface area contributed by atoms with Crippen molar-refractivity contribution in [3.05, 3.63) is 0 Å². The van der Waals surface area contributed by atoms with Crippen LogP contribution in [0.3, 0.4) is 0 Å². The van der Waals surface area contributed by atoms with Gasteiger partial charge in [0.2, 0.25) is 5.91 Å². The highest BCUT2D eigenvalue weighted by atomic mass is 16.5. The molecule has 1 fully saturated rings. The second-order valence-corrected chi connectivity index (χ2v) is 3.15. The summed E-state index contributed by atoms with van der Waals surface area (Å²) in [6.45, 7) is 0. The normalized spacial score (nSPS) is 29.0. The van der Waals surface area contributed by atoms with E-state index in [2.05, 4.69) is 6.07 Å². The van der Waals surface area contributed by atoms with Crippen LogP contribution in [-0.2, 0) is 4.79 Å². The maximum absolute atomic E-state index is 10.9. The van der Waals surface area contributed by atoms with E-state index in [1.54, 1.807) is 5.48 Å². The number of hydroxylamine groups is 1. The van der Waals surface area contributed by atoms with Gasteiger partial charge in [0, 0.05) is 11.8 Å². The van der Waals surface area contributed by atoms with E-state index in [4.69, 9.17) is 10.5 Å². The minimum absolute atomic E-state index is 0.0976. The van der Waals surface area contributed by atoms with Crippen molar-refractivity contribution >= 4 is 5.91 Å². The fraction of sp³-hybridized carbons (Fsp3) is 0.750. The van der Waals surface area contributed by atoms with E-state index < -0.39 is 0 Å². The van der Waals surface area contributed by atoms with Crippen molar-refractivity contribution in [2.45, 2.75) is 25.7 Å². The van der Waals surface area contributed by atoms with Crippen LogP contribution in [-0.4, -0.2) is 11.1 Å². The number of rotatable bonds is 1. The number of nitrogens with zero attached hydrogens (tertiary/aromatic N) is 1. The summed E-state index contributed by atoms with van der Waals surface area (Å²) in [7, 11) is 0. The molecule has 0 aromatic carbocycles. The van der Waals surface area contributed by atoms with Gasteiger partial charge in [-0.15, -0.1) is 0 Å². The molecule has 0 spiro atoms. The lowest BCUT2D eigenvalue weighted by molar-refractivity contribution is -0.134. The number of nitrogens with one attached hydrogen (secondary N) is 1. The molecule has 2 N–H and O–H groups in total. The molecule has 4 heteroatoms. The molecule has 1 aliphatic carbocycles. The molecule has 0 unspecified atom stereocenters. The van der Waals surface area contributed by atoms with Crippen LogP contribution in [0.5, 0.6) is 0 Å². The topological polar surface area (TPSA) is 73.1 Å². The molecule has 12 heavy (non-hydrogen) atoms. The Morgan fingerprint density at radius 3 is 2.42 bits per heavy atom. The van der Waals surface area contributed by atoms with Crippen molar-refractivity contribution in [3.63, 3.8) is 0 Å². The van der Waals surface area contributed by atoms with Crippen LogP contribution < -0.4 is 5.48 Å². The summed E-state index contributed by atoms with van der Waals surface area (Å²) < 4.78 is 0. The summed E-state index contributed by atoms with van der Waals surface area (Å²) in [5, 5.41) is 16.9. The van der Waals surface area contributed by atoms with E-state index in [0.717, 1.165) is 12.8 Å². The van der Waals surface area contributed by atoms with Crippen molar-refractivity contribution in [3.8, 4) is 6.07 Å². The van der Waals surface area contributed by atoms with Crippen molar-refractivity contribution in [2.75, 3.05) is 0 Å². The standard InChI is InChI=1S/C8H12N2O2/c9-5-6-1-3-7(4-2-6)8(11)10-12/h6-7,12H,1-4H2,(H,10,11). The summed E-state index contributed by atoms with van der Waals surface area (Å²) in [4.78, 5) is 10.9. The molecule has 0 aliphatic heterocycles. The van der Waals surface area contributed by atoms with Crippen molar-refractivity contribution < 1.29 is 10.0 Å². The minimum atomic E-state index is -0.314. The third-order valence-corrected chi connectivity index (χ3v) is 2.39. The Morgan fingerprint density at radius 1 is 1.42 bits per heavy atom. The highest BCUT2D eigenvalue weighted by molar-refractivity contribution is 5.77. The summed E-state index contributed by atoms with van der Waals surface area (Å²) in [6, 6.07) is 2.19. The lowest BCUT2D eigenvalue weighted by Gasteiger charge is -2.22. The van der Waals surface area contributed by atoms with Crippen LogP contribution >= 0.6 is 0 Å². The molecule has 0 heterocycles. The molecule has 0 aromatic rings. The lowest BCUT2D eigenvalue weighted by Crippen LogP contribution is -2.30. The zero-order valence-corrected chi connectivity index (χ0v) is 6.79. The fourth-order valence-electron chi connectivity index (χ4n) is 1.58. The van der Waals surface area contributed by atoms with Crippen LogP contribution in [0.15, 0.2) is 0 Å². The molecule has 0 radical (unpaired) electrons. The predicted molar refractivity (Wildman–Crippen MR) is 41.0 cm³/mol. The van der Waals surface area contributed by atoms with Gasteiger partial charge in [-0.2, -0.15) is 5.26 Å². The van der Waals surface area contributed by atoms with Gasteiger partial charge in [0.15, 0.2) is 0 Å². The second-order valence-electron chi connectivity index (χ2n) is 3.15. The van der Waals surface area contributed by atoms with Crippen molar-refractivity contribution in [1.82, 2.24) is 5.48 Å². The zero-order chi connectivity index (χ0) is 8.97. The molecule has 0 aromatic heterocycles. The van der Waals surface area contributed by atoms with Gasteiger partial charge in [-0.05, 0) is 25.7 Å². The maximum Gasteiger partial charge on any atom is 0.246 e. The van der Waals surface area contributed by atoms with Crippen molar-refractivity contribution in [1.29, 1.82) is 5.26 Å². The van der Waals surface area contributed by atoms with E-state index in [1.807, 2.05) is 0 Å². The average molecular weight is 168 g/mol. The van der Waals surface area contributed by atoms with Crippen LogP contribution in [0.25, 0.3) is 0 Å². The van der Waals surface area contributed by atoms with Gasteiger partial charge in [0.1, 0.15) is 0 Å². The Labute approximate surface area is 71.1 Å². The molecular formula is C8H12N2O2. The number of hydrogen-bond acceptors (Lipinski definition) is 3. The summed E-state index contributed by atoms with van der Waals surface area (Å²) >= 11 is 0. The molecule has 0 bridgehead atoms. The van der Waals surface area contributed by atoms with Gasteiger partial charge in [0.05, 0.1) is 6.07 Å². The van der Waals surface area contributed by atoms with Gasteiger partial charge in [0.25, 0.3) is 0 Å². The second kappa shape index (κ2) is 4.07. The maximum atomic E-state index is 10.9. The molecule has 0 atom stereocenters. The Kier molecular flexibility index (Phi) is 3.06. The number of amides is 1. The Balaban J connectivity index is 2.37. The third kappa shape index (κ3) is 1.95. The summed E-state index contributed by atoms with van der Waals surface area (Å²) in [5.74, 6) is -0.307. The van der Waals surface area contributed by atoms with Crippen LogP contribution in [0, 0.1) is 23.2 Å². The van der Waals surface area contributed by atoms with E-state index in [9.17, 15) is 4.79 Å². The Bertz CT molecular complexity index is 202. The van der Waals surface area contributed by atoms with Gasteiger partial charge < -0.3 is 0 Å². The lowest BCUT2D eigenvalue weighted by atomic mass is 9.82. The molecular weight excluding hydrogens is 156 g/mol. The number of hydrogen-bond donors (Lipinski definition) is 2. The van der Waals surface area contributed by atoms with Crippen LogP contribution in [0.4, 0.5) is 0 Å². The van der Waals surface area contributed by atoms with Crippen molar-refractivity contribution in [2.24, 2.45) is 11.8 Å². The fourth-order valence-corrected chi connectivity index (χ4v) is 1.58. The predicted octanol–water partition coefficient (Wildman–Crippen LogP) is 0.822. The zero-order valence-electron chi connectivity index (χ0n) is 6.79. The first-order chi connectivity index (χ1) is 5.77. The first-order valence-electron chi connectivity index (χ1n) is 4.11. The highest BCUT2D eigenvalue weighted by Gasteiger charge is 2.25. The molecule has 4 nitrogen and oxygen atoms in total. The molecule has 1 saturated carbocycles. The molecule has 1 aliphatic rings. The number of carbonyl (C=O) groups is 1. The van der Waals surface area contributed by atoms with E-state index in [0.29, 0.717) is 12.8 Å². The van der Waals surface area contributed by atoms with Gasteiger partial charge in [-0.1, -0.05) is 0 Å². The quantitative estimate of drug-likeness (QED) is 0.449. The van der Waals surface area contributed by atoms with Gasteiger partial charge in [-0.3, -0.25) is 10.0 Å². The smallest absolute Gasteiger partial charge is 0.246 e. The molecule has 1 amide bonds. The minimum Gasteiger partial charge on any atom is -0.289 e. The Morgan fingerprint density at radius 2 is 2.00 bits per heavy atom.